The van der Waals surface area contributed by atoms with Crippen LogP contribution >= 0.6 is 11.6 Å². The molecule has 0 aromatic heterocycles. The first-order chi connectivity index (χ1) is 8.87. The highest BCUT2D eigenvalue weighted by atomic mass is 35.5. The Hall–Kier alpha value is -1.92. The van der Waals surface area contributed by atoms with Crippen LogP contribution < -0.4 is 0 Å². The summed E-state index contributed by atoms with van der Waals surface area (Å²) in [6.45, 7) is 10.5. The minimum absolute atomic E-state index is 0.344. The number of ketones is 1. The number of nitrogens with zero attached hydrogens (tertiary/aromatic N) is 2. The fraction of sp³-hybridized carbons (Fsp3) is 0.267. The number of Topliss-reactive ketones (excluding diaryl/α,β-unsaturated/α-hetero) is 1. The molecule has 0 aromatic carbocycles. The Bertz CT molecular complexity index is 543. The molecule has 0 heterocycles. The van der Waals surface area contributed by atoms with E-state index in [0.29, 0.717) is 22.0 Å². The van der Waals surface area contributed by atoms with E-state index in [0.717, 1.165) is 5.57 Å². The number of aliphatic imine (C=N–C) groups is 1. The molecule has 0 aliphatic heterocycles. The summed E-state index contributed by atoms with van der Waals surface area (Å²) >= 11 is 5.89. The molecule has 0 rings (SSSR count). The van der Waals surface area contributed by atoms with E-state index < -0.39 is 5.78 Å². The first-order valence-corrected chi connectivity index (χ1v) is 6.08. The van der Waals surface area contributed by atoms with Crippen LogP contribution in [-0.4, -0.2) is 11.5 Å². The van der Waals surface area contributed by atoms with Gasteiger partial charge in [0.05, 0.1) is 0 Å². The minimum Gasteiger partial charge on any atom is -0.277 e. The van der Waals surface area contributed by atoms with Gasteiger partial charge in [-0.1, -0.05) is 30.3 Å². The van der Waals surface area contributed by atoms with Gasteiger partial charge in [-0.2, -0.15) is 5.26 Å². The Balaban J connectivity index is 5.48. The van der Waals surface area contributed by atoms with Gasteiger partial charge in [0.2, 0.25) is 0 Å². The summed E-state index contributed by atoms with van der Waals surface area (Å²) in [5, 5.41) is 9.07. The van der Waals surface area contributed by atoms with Gasteiger partial charge in [-0.05, 0) is 39.3 Å². The zero-order chi connectivity index (χ0) is 15.0. The molecular formula is C15H17ClN2O. The summed E-state index contributed by atoms with van der Waals surface area (Å²) < 4.78 is 0. The highest BCUT2D eigenvalue weighted by molar-refractivity contribution is 6.31. The van der Waals surface area contributed by atoms with Crippen LogP contribution in [0.1, 0.15) is 27.7 Å². The minimum atomic E-state index is -0.573. The predicted molar refractivity (Wildman–Crippen MR) is 80.0 cm³/mol. The Morgan fingerprint density at radius 2 is 1.95 bits per heavy atom. The van der Waals surface area contributed by atoms with Crippen molar-refractivity contribution in [2.24, 2.45) is 4.99 Å². The van der Waals surface area contributed by atoms with Crippen LogP contribution in [0.15, 0.2) is 51.7 Å². The fourth-order valence-corrected chi connectivity index (χ4v) is 1.37. The van der Waals surface area contributed by atoms with Crippen LogP contribution in [0.5, 0.6) is 0 Å². The van der Waals surface area contributed by atoms with Gasteiger partial charge in [0.15, 0.2) is 0 Å². The molecule has 0 aromatic rings. The van der Waals surface area contributed by atoms with Crippen LogP contribution in [0.25, 0.3) is 0 Å². The van der Waals surface area contributed by atoms with Crippen LogP contribution in [0.2, 0.25) is 0 Å². The summed E-state index contributed by atoms with van der Waals surface area (Å²) in [4.78, 5) is 15.6. The van der Waals surface area contributed by atoms with Crippen LogP contribution in [0.3, 0.4) is 0 Å². The molecule has 0 aliphatic carbocycles. The summed E-state index contributed by atoms with van der Waals surface area (Å²) in [5.74, 6) is -0.573. The molecular weight excluding hydrogens is 260 g/mol. The summed E-state index contributed by atoms with van der Waals surface area (Å²) in [6, 6.07) is 1.58. The molecule has 19 heavy (non-hydrogen) atoms. The van der Waals surface area contributed by atoms with Crippen molar-refractivity contribution in [2.75, 3.05) is 0 Å². The van der Waals surface area contributed by atoms with E-state index in [1.54, 1.807) is 26.0 Å². The third-order valence-corrected chi connectivity index (χ3v) is 2.80. The predicted octanol–water partition coefficient (Wildman–Crippen LogP) is 4.09. The zero-order valence-electron chi connectivity index (χ0n) is 11.6. The van der Waals surface area contributed by atoms with Crippen molar-refractivity contribution in [1.82, 2.24) is 0 Å². The molecule has 0 saturated heterocycles. The van der Waals surface area contributed by atoms with E-state index in [9.17, 15) is 4.79 Å². The van der Waals surface area contributed by atoms with E-state index in [4.69, 9.17) is 16.9 Å². The maximum atomic E-state index is 11.2. The van der Waals surface area contributed by atoms with E-state index in [1.165, 1.54) is 6.08 Å². The van der Waals surface area contributed by atoms with Crippen LogP contribution in [0.4, 0.5) is 0 Å². The molecule has 0 radical (unpaired) electrons. The lowest BCUT2D eigenvalue weighted by atomic mass is 10.1. The number of rotatable bonds is 5. The lowest BCUT2D eigenvalue weighted by molar-refractivity contribution is -0.110. The number of hydrogen-bond acceptors (Lipinski definition) is 3. The second-order valence-corrected chi connectivity index (χ2v) is 4.26. The second-order valence-electron chi connectivity index (χ2n) is 3.83. The number of nitriles is 1. The smallest absolute Gasteiger partial charge is 0.259 e. The van der Waals surface area contributed by atoms with Gasteiger partial charge in [-0.3, -0.25) is 9.79 Å². The number of carbonyl (C=O) groups is 1. The molecule has 4 heteroatoms. The number of halogens is 1. The van der Waals surface area contributed by atoms with Gasteiger partial charge < -0.3 is 0 Å². The Morgan fingerprint density at radius 1 is 1.37 bits per heavy atom. The Labute approximate surface area is 119 Å². The van der Waals surface area contributed by atoms with Crippen molar-refractivity contribution >= 4 is 23.1 Å². The molecule has 0 bridgehead atoms. The molecule has 0 saturated carbocycles. The molecule has 0 unspecified atom stereocenters. The number of hydrogen-bond donors (Lipinski definition) is 0. The SMILES string of the molecule is C=C\C(Cl)=C/C(=C\C)C(/C)=N/C(C)=C(\C)C(=O)C#N. The molecule has 3 nitrogen and oxygen atoms in total. The van der Waals surface area contributed by atoms with E-state index in [1.807, 2.05) is 19.9 Å². The molecule has 0 fully saturated rings. The van der Waals surface area contributed by atoms with E-state index in [-0.39, 0.29) is 0 Å². The molecule has 0 spiro atoms. The maximum Gasteiger partial charge on any atom is 0.259 e. The van der Waals surface area contributed by atoms with E-state index >= 15 is 0 Å². The average molecular weight is 277 g/mol. The Kier molecular flexibility index (Phi) is 7.40. The molecule has 0 atom stereocenters. The first-order valence-electron chi connectivity index (χ1n) is 5.70. The van der Waals surface area contributed by atoms with Crippen molar-refractivity contribution in [3.63, 3.8) is 0 Å². The number of allylic oxidation sites excluding steroid dienone is 7. The topological polar surface area (TPSA) is 53.2 Å². The quantitative estimate of drug-likeness (QED) is 0.329. The normalized spacial score (nSPS) is 14.6. The van der Waals surface area contributed by atoms with Crippen molar-refractivity contribution in [2.45, 2.75) is 27.7 Å². The molecule has 100 valence electrons. The lowest BCUT2D eigenvalue weighted by Crippen LogP contribution is -2.00. The average Bonchev–Trinajstić information content (AvgIpc) is 2.41. The highest BCUT2D eigenvalue weighted by Crippen LogP contribution is 2.13. The lowest BCUT2D eigenvalue weighted by Gasteiger charge is -2.04. The van der Waals surface area contributed by atoms with Crippen LogP contribution in [-0.2, 0) is 4.79 Å². The number of carbonyl (C=O) groups excluding carboxylic acids is 1. The standard InChI is InChI=1S/C15H17ClN2O/c1-6-13(8-14(16)7-2)12(5)18-11(4)10(3)15(19)9-17/h6-8H,2H2,1,3-5H3/b11-10+,13-6+,14-8+,18-12+. The first kappa shape index (κ1) is 17.1. The largest absolute Gasteiger partial charge is 0.277 e. The summed E-state index contributed by atoms with van der Waals surface area (Å²) in [6.07, 6.45) is 5.13. The summed E-state index contributed by atoms with van der Waals surface area (Å²) in [5.41, 5.74) is 2.41. The molecule has 0 N–H and O–H groups in total. The zero-order valence-corrected chi connectivity index (χ0v) is 12.4. The van der Waals surface area contributed by atoms with Crippen molar-refractivity contribution in [3.8, 4) is 6.07 Å². The van der Waals surface area contributed by atoms with Gasteiger partial charge in [0, 0.05) is 22.0 Å². The van der Waals surface area contributed by atoms with Gasteiger partial charge >= 0.3 is 0 Å². The van der Waals surface area contributed by atoms with Crippen molar-refractivity contribution in [3.05, 3.63) is 46.7 Å². The Morgan fingerprint density at radius 3 is 2.37 bits per heavy atom. The molecule has 0 aliphatic rings. The van der Waals surface area contributed by atoms with Gasteiger partial charge in [0.1, 0.15) is 6.07 Å². The van der Waals surface area contributed by atoms with Gasteiger partial charge in [0.25, 0.3) is 5.78 Å². The van der Waals surface area contributed by atoms with Crippen molar-refractivity contribution in [1.29, 1.82) is 5.26 Å². The van der Waals surface area contributed by atoms with Crippen molar-refractivity contribution < 1.29 is 4.79 Å². The highest BCUT2D eigenvalue weighted by Gasteiger charge is 2.07. The summed E-state index contributed by atoms with van der Waals surface area (Å²) in [7, 11) is 0. The van der Waals surface area contributed by atoms with Gasteiger partial charge in [-0.25, -0.2) is 0 Å². The molecule has 0 amide bonds. The van der Waals surface area contributed by atoms with Gasteiger partial charge in [-0.15, -0.1) is 0 Å². The third-order valence-electron chi connectivity index (χ3n) is 2.54. The second kappa shape index (κ2) is 8.23. The van der Waals surface area contributed by atoms with E-state index in [2.05, 4.69) is 11.6 Å². The fourth-order valence-electron chi connectivity index (χ4n) is 1.25. The third kappa shape index (κ3) is 5.50. The van der Waals surface area contributed by atoms with Crippen LogP contribution in [0, 0.1) is 11.3 Å². The maximum absolute atomic E-state index is 11.2. The monoisotopic (exact) mass is 276 g/mol.